The molecule has 4 rings (SSSR count). The minimum Gasteiger partial charge on any atom is -0.493 e. The zero-order valence-electron chi connectivity index (χ0n) is 15.1. The molecule has 4 aromatic rings. The maximum atomic E-state index is 13.0. The molecule has 2 aromatic carbocycles. The highest BCUT2D eigenvalue weighted by molar-refractivity contribution is 7.21. The van der Waals surface area contributed by atoms with Gasteiger partial charge in [-0.15, -0.1) is 11.3 Å². The van der Waals surface area contributed by atoms with E-state index in [1.165, 1.54) is 35.6 Å². The molecule has 0 radical (unpaired) electrons. The number of nitrogens with zero attached hydrogens (tertiary/aromatic N) is 1. The number of carbonyl (C=O) groups excluding carboxylic acids is 1. The summed E-state index contributed by atoms with van der Waals surface area (Å²) in [5, 5.41) is 4.23. The van der Waals surface area contributed by atoms with Crippen LogP contribution in [0.3, 0.4) is 0 Å². The summed E-state index contributed by atoms with van der Waals surface area (Å²) in [6.45, 7) is 0. The predicted molar refractivity (Wildman–Crippen MR) is 109 cm³/mol. The van der Waals surface area contributed by atoms with Crippen molar-refractivity contribution in [2.75, 3.05) is 25.3 Å². The number of anilines is 2. The number of fused-ring (bicyclic) bond motifs is 2. The number of carbonyl (C=O) groups is 1. The number of hydrogen-bond acceptors (Lipinski definition) is 6. The lowest BCUT2D eigenvalue weighted by Gasteiger charge is -2.08. The number of nitrogen functional groups attached to an aromatic ring is 1. The van der Waals surface area contributed by atoms with Gasteiger partial charge in [0.2, 0.25) is 0 Å². The quantitative estimate of drug-likeness (QED) is 0.532. The molecule has 28 heavy (non-hydrogen) atoms. The van der Waals surface area contributed by atoms with Gasteiger partial charge in [-0.3, -0.25) is 4.79 Å². The highest BCUT2D eigenvalue weighted by Gasteiger charge is 2.19. The van der Waals surface area contributed by atoms with Crippen LogP contribution in [-0.4, -0.2) is 25.1 Å². The summed E-state index contributed by atoms with van der Waals surface area (Å²) < 4.78 is 23.7. The van der Waals surface area contributed by atoms with E-state index in [4.69, 9.17) is 15.2 Å². The Balaban J connectivity index is 1.77. The Bertz CT molecular complexity index is 1210. The van der Waals surface area contributed by atoms with Crippen molar-refractivity contribution in [3.8, 4) is 11.5 Å². The number of amides is 1. The maximum Gasteiger partial charge on any atom is 0.267 e. The summed E-state index contributed by atoms with van der Waals surface area (Å²) in [5.41, 5.74) is 7.77. The lowest BCUT2D eigenvalue weighted by atomic mass is 10.1. The summed E-state index contributed by atoms with van der Waals surface area (Å²) in [6.07, 6.45) is 0. The van der Waals surface area contributed by atoms with Gasteiger partial charge in [-0.2, -0.15) is 0 Å². The van der Waals surface area contributed by atoms with Crippen molar-refractivity contribution in [1.29, 1.82) is 0 Å². The molecule has 0 aliphatic rings. The first kappa shape index (κ1) is 18.0. The molecule has 142 valence electrons. The SMILES string of the molecule is COc1cc2cc3c(N)c(C(=O)Nc4ccc(F)cc4)sc3nc2cc1OC. The van der Waals surface area contributed by atoms with Crippen LogP contribution in [0.4, 0.5) is 15.8 Å². The second-order valence-electron chi connectivity index (χ2n) is 6.05. The van der Waals surface area contributed by atoms with E-state index in [2.05, 4.69) is 10.3 Å². The average Bonchev–Trinajstić information content (AvgIpc) is 3.02. The van der Waals surface area contributed by atoms with E-state index in [1.807, 2.05) is 12.1 Å². The minimum atomic E-state index is -0.374. The number of nitrogens with one attached hydrogen (secondary N) is 1. The van der Waals surface area contributed by atoms with Crippen molar-refractivity contribution in [2.45, 2.75) is 0 Å². The van der Waals surface area contributed by atoms with Gasteiger partial charge in [0.1, 0.15) is 15.5 Å². The second kappa shape index (κ2) is 6.97. The van der Waals surface area contributed by atoms with Crippen molar-refractivity contribution < 1.29 is 18.7 Å². The number of pyridine rings is 1. The molecule has 6 nitrogen and oxygen atoms in total. The molecule has 2 heterocycles. The first-order valence-electron chi connectivity index (χ1n) is 8.32. The molecule has 8 heteroatoms. The highest BCUT2D eigenvalue weighted by Crippen LogP contribution is 2.38. The molecule has 0 aliphatic heterocycles. The number of ether oxygens (including phenoxy) is 2. The summed E-state index contributed by atoms with van der Waals surface area (Å²) in [5.74, 6) is 0.410. The molecule has 0 saturated carbocycles. The van der Waals surface area contributed by atoms with Gasteiger partial charge in [-0.1, -0.05) is 0 Å². The number of hydrogen-bond donors (Lipinski definition) is 2. The Morgan fingerprint density at radius 3 is 2.46 bits per heavy atom. The Hall–Kier alpha value is -3.39. The molecular weight excluding hydrogens is 381 g/mol. The average molecular weight is 397 g/mol. The number of aromatic nitrogens is 1. The molecular formula is C20H16FN3O3S. The van der Waals surface area contributed by atoms with Gasteiger partial charge < -0.3 is 20.5 Å². The number of benzene rings is 2. The molecule has 0 saturated heterocycles. The number of thiophene rings is 1. The number of rotatable bonds is 4. The number of nitrogens with two attached hydrogens (primary N) is 1. The van der Waals surface area contributed by atoms with Crippen molar-refractivity contribution >= 4 is 49.7 Å². The number of methoxy groups -OCH3 is 2. The summed E-state index contributed by atoms with van der Waals surface area (Å²) in [4.78, 5) is 18.2. The topological polar surface area (TPSA) is 86.5 Å². The van der Waals surface area contributed by atoms with Gasteiger partial charge in [0.25, 0.3) is 5.91 Å². The Morgan fingerprint density at radius 2 is 1.79 bits per heavy atom. The van der Waals surface area contributed by atoms with Gasteiger partial charge >= 0.3 is 0 Å². The van der Waals surface area contributed by atoms with Gasteiger partial charge in [-0.25, -0.2) is 9.37 Å². The third kappa shape index (κ3) is 3.07. The fourth-order valence-corrected chi connectivity index (χ4v) is 3.90. The Morgan fingerprint density at radius 1 is 1.11 bits per heavy atom. The van der Waals surface area contributed by atoms with E-state index in [1.54, 1.807) is 20.3 Å². The lowest BCUT2D eigenvalue weighted by Crippen LogP contribution is -2.11. The van der Waals surface area contributed by atoms with Crippen LogP contribution in [0, 0.1) is 5.82 Å². The fourth-order valence-electron chi connectivity index (χ4n) is 2.92. The van der Waals surface area contributed by atoms with E-state index >= 15 is 0 Å². The van der Waals surface area contributed by atoms with E-state index in [9.17, 15) is 9.18 Å². The summed E-state index contributed by atoms with van der Waals surface area (Å²) in [7, 11) is 3.12. The molecule has 0 fully saturated rings. The van der Waals surface area contributed by atoms with Gasteiger partial charge in [0, 0.05) is 22.5 Å². The standard InChI is InChI=1S/C20H16FN3O3S/c1-26-15-8-10-7-13-17(22)18(19(25)23-12-5-3-11(21)4-6-12)28-20(13)24-14(10)9-16(15)27-2/h3-9H,22H2,1-2H3,(H,23,25). The first-order valence-corrected chi connectivity index (χ1v) is 9.13. The molecule has 2 aromatic heterocycles. The van der Waals surface area contributed by atoms with E-state index in [-0.39, 0.29) is 11.7 Å². The van der Waals surface area contributed by atoms with Crippen LogP contribution < -0.4 is 20.5 Å². The van der Waals surface area contributed by atoms with Crippen molar-refractivity contribution in [3.05, 3.63) is 53.2 Å². The smallest absolute Gasteiger partial charge is 0.267 e. The zero-order valence-corrected chi connectivity index (χ0v) is 15.9. The van der Waals surface area contributed by atoms with E-state index < -0.39 is 0 Å². The monoisotopic (exact) mass is 397 g/mol. The third-order valence-electron chi connectivity index (χ3n) is 4.33. The zero-order chi connectivity index (χ0) is 19.8. The van der Waals surface area contributed by atoms with Gasteiger partial charge in [0.15, 0.2) is 11.5 Å². The molecule has 0 bridgehead atoms. The van der Waals surface area contributed by atoms with Crippen LogP contribution >= 0.6 is 11.3 Å². The fraction of sp³-hybridized carbons (Fsp3) is 0.100. The van der Waals surface area contributed by atoms with Gasteiger partial charge in [0.05, 0.1) is 25.4 Å². The van der Waals surface area contributed by atoms with Crippen molar-refractivity contribution in [3.63, 3.8) is 0 Å². The third-order valence-corrected chi connectivity index (χ3v) is 5.44. The van der Waals surface area contributed by atoms with Crippen molar-refractivity contribution in [1.82, 2.24) is 4.98 Å². The maximum absolute atomic E-state index is 13.0. The Kier molecular flexibility index (Phi) is 4.48. The lowest BCUT2D eigenvalue weighted by molar-refractivity contribution is 0.103. The van der Waals surface area contributed by atoms with E-state index in [0.29, 0.717) is 43.5 Å². The minimum absolute atomic E-state index is 0.348. The normalized spacial score (nSPS) is 11.0. The van der Waals surface area contributed by atoms with Crippen LogP contribution in [0.15, 0.2) is 42.5 Å². The van der Waals surface area contributed by atoms with Crippen LogP contribution in [0.1, 0.15) is 9.67 Å². The second-order valence-corrected chi connectivity index (χ2v) is 7.05. The van der Waals surface area contributed by atoms with Crippen molar-refractivity contribution in [2.24, 2.45) is 0 Å². The summed E-state index contributed by atoms with van der Waals surface area (Å²) >= 11 is 1.20. The largest absolute Gasteiger partial charge is 0.493 e. The molecule has 0 spiro atoms. The molecule has 3 N–H and O–H groups in total. The number of halogens is 1. The molecule has 0 aliphatic carbocycles. The van der Waals surface area contributed by atoms with E-state index in [0.717, 1.165) is 5.39 Å². The predicted octanol–water partition coefficient (Wildman–Crippen LogP) is 4.44. The van der Waals surface area contributed by atoms with Crippen LogP contribution in [-0.2, 0) is 0 Å². The van der Waals surface area contributed by atoms with Crippen LogP contribution in [0.5, 0.6) is 11.5 Å². The first-order chi connectivity index (χ1) is 13.5. The van der Waals surface area contributed by atoms with Crippen LogP contribution in [0.2, 0.25) is 0 Å². The molecule has 1 amide bonds. The summed E-state index contributed by atoms with van der Waals surface area (Å²) in [6, 6.07) is 11.0. The highest BCUT2D eigenvalue weighted by atomic mass is 32.1. The molecule has 0 atom stereocenters. The van der Waals surface area contributed by atoms with Gasteiger partial charge in [-0.05, 0) is 36.4 Å². The van der Waals surface area contributed by atoms with Crippen LogP contribution in [0.25, 0.3) is 21.1 Å². The Labute approximate surface area is 163 Å². The molecule has 0 unspecified atom stereocenters.